The van der Waals surface area contributed by atoms with Gasteiger partial charge in [-0.2, -0.15) is 0 Å². The molecule has 3 N–H and O–H groups in total. The van der Waals surface area contributed by atoms with Crippen molar-refractivity contribution < 1.29 is 9.84 Å². The second-order valence-corrected chi connectivity index (χ2v) is 4.17. The van der Waals surface area contributed by atoms with Crippen molar-refractivity contribution in [1.29, 1.82) is 0 Å². The lowest BCUT2D eigenvalue weighted by Crippen LogP contribution is -2.48. The Morgan fingerprint density at radius 2 is 2.41 bits per heavy atom. The normalized spacial score (nSPS) is 20.3. The van der Waals surface area contributed by atoms with Crippen LogP contribution in [-0.4, -0.2) is 52.5 Å². The van der Waals surface area contributed by atoms with E-state index in [1.165, 1.54) is 0 Å². The minimum atomic E-state index is -0.0753. The molecular formula is C10H14N4O2S. The number of anilines is 1. The molecule has 0 radical (unpaired) electrons. The summed E-state index contributed by atoms with van der Waals surface area (Å²) in [6.07, 6.45) is 3.16. The average Bonchev–Trinajstić information content (AvgIpc) is 2.39. The van der Waals surface area contributed by atoms with Gasteiger partial charge in [0.15, 0.2) is 0 Å². The van der Waals surface area contributed by atoms with E-state index in [0.717, 1.165) is 0 Å². The number of nitrogens with two attached hydrogens (primary N) is 1. The third-order valence-electron chi connectivity index (χ3n) is 2.62. The van der Waals surface area contributed by atoms with Gasteiger partial charge in [-0.1, -0.05) is 12.2 Å². The minimum Gasteiger partial charge on any atom is -0.394 e. The predicted octanol–water partition coefficient (Wildman–Crippen LogP) is -0.692. The molecule has 92 valence electrons. The molecule has 1 aromatic heterocycles. The zero-order valence-electron chi connectivity index (χ0n) is 9.24. The first-order chi connectivity index (χ1) is 8.22. The summed E-state index contributed by atoms with van der Waals surface area (Å²) in [6, 6.07) is -0.0753. The molecule has 6 nitrogen and oxygen atoms in total. The zero-order valence-corrected chi connectivity index (χ0v) is 10.1. The Labute approximate surface area is 104 Å². The van der Waals surface area contributed by atoms with E-state index in [-0.39, 0.29) is 17.6 Å². The van der Waals surface area contributed by atoms with Crippen LogP contribution in [-0.2, 0) is 4.74 Å². The highest BCUT2D eigenvalue weighted by molar-refractivity contribution is 7.80. The summed E-state index contributed by atoms with van der Waals surface area (Å²) < 4.78 is 5.30. The van der Waals surface area contributed by atoms with Gasteiger partial charge >= 0.3 is 0 Å². The molecular weight excluding hydrogens is 240 g/mol. The summed E-state index contributed by atoms with van der Waals surface area (Å²) in [6.45, 7) is 1.83. The van der Waals surface area contributed by atoms with Gasteiger partial charge in [0, 0.05) is 6.54 Å². The van der Waals surface area contributed by atoms with Crippen LogP contribution in [0.1, 0.15) is 5.69 Å². The van der Waals surface area contributed by atoms with Crippen molar-refractivity contribution >= 4 is 23.0 Å². The van der Waals surface area contributed by atoms with Gasteiger partial charge in [-0.25, -0.2) is 9.97 Å². The number of hydrogen-bond donors (Lipinski definition) is 2. The number of aliphatic hydroxyl groups is 1. The molecule has 1 aliphatic heterocycles. The van der Waals surface area contributed by atoms with E-state index < -0.39 is 0 Å². The predicted molar refractivity (Wildman–Crippen MR) is 67.0 cm³/mol. The fourth-order valence-corrected chi connectivity index (χ4v) is 1.81. The summed E-state index contributed by atoms with van der Waals surface area (Å²) in [5.41, 5.74) is 5.95. The van der Waals surface area contributed by atoms with E-state index in [4.69, 9.17) is 22.7 Å². The number of hydrogen-bond acceptors (Lipinski definition) is 6. The number of thiocarbonyl (C=S) groups is 1. The van der Waals surface area contributed by atoms with Crippen LogP contribution >= 0.6 is 12.2 Å². The Balaban J connectivity index is 2.17. The first-order valence-corrected chi connectivity index (χ1v) is 5.70. The van der Waals surface area contributed by atoms with Crippen LogP contribution < -0.4 is 10.6 Å². The highest BCUT2D eigenvalue weighted by Gasteiger charge is 2.23. The minimum absolute atomic E-state index is 0.0265. The topological polar surface area (TPSA) is 84.5 Å². The lowest BCUT2D eigenvalue weighted by molar-refractivity contribution is 0.0722. The molecule has 1 fully saturated rings. The average molecular weight is 254 g/mol. The van der Waals surface area contributed by atoms with Crippen LogP contribution in [0.3, 0.4) is 0 Å². The summed E-state index contributed by atoms with van der Waals surface area (Å²) in [7, 11) is 0. The molecule has 0 bridgehead atoms. The molecule has 1 atom stereocenters. The van der Waals surface area contributed by atoms with Crippen molar-refractivity contribution in [3.63, 3.8) is 0 Å². The third kappa shape index (κ3) is 2.68. The smallest absolute Gasteiger partial charge is 0.147 e. The molecule has 0 saturated carbocycles. The largest absolute Gasteiger partial charge is 0.394 e. The third-order valence-corrected chi connectivity index (χ3v) is 2.83. The van der Waals surface area contributed by atoms with Crippen molar-refractivity contribution in [3.8, 4) is 0 Å². The molecule has 2 rings (SSSR count). The molecule has 2 heterocycles. The highest BCUT2D eigenvalue weighted by atomic mass is 32.1. The first-order valence-electron chi connectivity index (χ1n) is 5.29. The molecule has 17 heavy (non-hydrogen) atoms. The van der Waals surface area contributed by atoms with Crippen molar-refractivity contribution in [3.05, 3.63) is 18.1 Å². The van der Waals surface area contributed by atoms with Gasteiger partial charge < -0.3 is 20.5 Å². The summed E-state index contributed by atoms with van der Waals surface area (Å²) in [5, 5.41) is 9.25. The summed E-state index contributed by atoms with van der Waals surface area (Å²) >= 11 is 4.81. The van der Waals surface area contributed by atoms with Gasteiger partial charge in [-0.05, 0) is 0 Å². The zero-order chi connectivity index (χ0) is 12.3. The lowest BCUT2D eigenvalue weighted by Gasteiger charge is -2.35. The van der Waals surface area contributed by atoms with Gasteiger partial charge in [-0.15, -0.1) is 0 Å². The maximum Gasteiger partial charge on any atom is 0.147 e. The Hall–Kier alpha value is -1.31. The van der Waals surface area contributed by atoms with E-state index >= 15 is 0 Å². The van der Waals surface area contributed by atoms with Crippen LogP contribution in [0.5, 0.6) is 0 Å². The van der Waals surface area contributed by atoms with Crippen LogP contribution in [0.2, 0.25) is 0 Å². The van der Waals surface area contributed by atoms with Gasteiger partial charge in [0.2, 0.25) is 0 Å². The maximum absolute atomic E-state index is 9.25. The number of rotatable bonds is 3. The van der Waals surface area contributed by atoms with Crippen molar-refractivity contribution in [2.45, 2.75) is 6.04 Å². The van der Waals surface area contributed by atoms with Crippen molar-refractivity contribution in [2.75, 3.05) is 31.3 Å². The number of aromatic nitrogens is 2. The standard InChI is InChI=1S/C10H14N4O2S/c11-10(17)8-3-13-9(4-12-8)14-1-2-16-6-7(14)5-15/h3-4,7,15H,1-2,5-6H2,(H2,11,17). The molecule has 1 aromatic rings. The Morgan fingerprint density at radius 1 is 1.59 bits per heavy atom. The fourth-order valence-electron chi connectivity index (χ4n) is 1.70. The van der Waals surface area contributed by atoms with Crippen molar-refractivity contribution in [2.24, 2.45) is 5.73 Å². The first kappa shape index (κ1) is 12.2. The SMILES string of the molecule is NC(=S)c1cnc(N2CCOCC2CO)cn1. The van der Waals surface area contributed by atoms with Crippen LogP contribution in [0.25, 0.3) is 0 Å². The molecule has 0 aromatic carbocycles. The number of ether oxygens (including phenoxy) is 1. The highest BCUT2D eigenvalue weighted by Crippen LogP contribution is 2.15. The lowest BCUT2D eigenvalue weighted by atomic mass is 10.2. The number of aliphatic hydroxyl groups excluding tert-OH is 1. The maximum atomic E-state index is 9.25. The van der Waals surface area contributed by atoms with Crippen molar-refractivity contribution in [1.82, 2.24) is 9.97 Å². The van der Waals surface area contributed by atoms with Crippen LogP contribution in [0.4, 0.5) is 5.82 Å². The van der Waals surface area contributed by atoms with E-state index in [1.807, 2.05) is 4.90 Å². The molecule has 1 unspecified atom stereocenters. The van der Waals surface area contributed by atoms with Gasteiger partial charge in [0.05, 0.1) is 38.3 Å². The monoisotopic (exact) mass is 254 g/mol. The summed E-state index contributed by atoms with van der Waals surface area (Å²) in [5.74, 6) is 0.701. The van der Waals surface area contributed by atoms with E-state index in [0.29, 0.717) is 31.3 Å². The van der Waals surface area contributed by atoms with Crippen LogP contribution in [0, 0.1) is 0 Å². The van der Waals surface area contributed by atoms with Gasteiger partial charge in [0.1, 0.15) is 16.5 Å². The molecule has 7 heteroatoms. The van der Waals surface area contributed by atoms with E-state index in [2.05, 4.69) is 9.97 Å². The Kier molecular flexibility index (Phi) is 3.82. The molecule has 0 aliphatic carbocycles. The Morgan fingerprint density at radius 3 is 3.00 bits per heavy atom. The van der Waals surface area contributed by atoms with Gasteiger partial charge in [0.25, 0.3) is 0 Å². The van der Waals surface area contributed by atoms with E-state index in [1.54, 1.807) is 12.4 Å². The van der Waals surface area contributed by atoms with E-state index in [9.17, 15) is 5.11 Å². The fraction of sp³-hybridized carbons (Fsp3) is 0.500. The second kappa shape index (κ2) is 5.35. The molecule has 1 aliphatic rings. The Bertz CT molecular complexity index is 398. The molecule has 0 amide bonds. The molecule has 0 spiro atoms. The summed E-state index contributed by atoms with van der Waals surface area (Å²) in [4.78, 5) is 10.6. The second-order valence-electron chi connectivity index (χ2n) is 3.73. The van der Waals surface area contributed by atoms with Gasteiger partial charge in [-0.3, -0.25) is 0 Å². The number of morpholine rings is 1. The number of nitrogens with zero attached hydrogens (tertiary/aromatic N) is 3. The molecule has 1 saturated heterocycles. The quantitative estimate of drug-likeness (QED) is 0.690. The van der Waals surface area contributed by atoms with Crippen LogP contribution in [0.15, 0.2) is 12.4 Å².